The van der Waals surface area contributed by atoms with E-state index in [1.807, 2.05) is 6.07 Å². The molecule has 4 nitrogen and oxygen atoms in total. The number of nitrogens with one attached hydrogen (secondary N) is 2. The van der Waals surface area contributed by atoms with Crippen LogP contribution in [0, 0.1) is 0 Å². The molecule has 3 aromatic carbocycles. The second kappa shape index (κ2) is 10.3. The van der Waals surface area contributed by atoms with Crippen LogP contribution in [0.15, 0.2) is 71.6 Å². The van der Waals surface area contributed by atoms with Crippen LogP contribution >= 0.6 is 24.0 Å². The maximum Gasteiger partial charge on any atom is 0.240 e. The van der Waals surface area contributed by atoms with Crippen molar-refractivity contribution in [2.24, 2.45) is 0 Å². The number of hydrogen-bond donors (Lipinski definition) is 2. The lowest BCUT2D eigenvalue weighted by Crippen LogP contribution is -2.52. The number of benzene rings is 3. The highest BCUT2D eigenvalue weighted by Gasteiger charge is 2.30. The fourth-order valence-electron chi connectivity index (χ4n) is 4.41. The smallest absolute Gasteiger partial charge is 0.240 e. The van der Waals surface area contributed by atoms with Gasteiger partial charge in [0.25, 0.3) is 0 Å². The van der Waals surface area contributed by atoms with Crippen molar-refractivity contribution in [3.8, 4) is 0 Å². The standard InChI is InChI=1S/C24H27ClN2O2S.ClH/c1-17(21-13-6-9-18-8-2-3-12-22(18)21)26-23-14-4-5-15-24(23)27-30(28,29)20-11-7-10-19(25)16-20;/h2-3,6-13,16-17,23-24,26-27H,4-5,14-15H2,1H3;1H/t17?,23-,24?;/m0./s1. The predicted molar refractivity (Wildman–Crippen MR) is 131 cm³/mol. The summed E-state index contributed by atoms with van der Waals surface area (Å²) in [5, 5.41) is 6.57. The van der Waals surface area contributed by atoms with Gasteiger partial charge in [0, 0.05) is 23.1 Å². The fraction of sp³-hybridized carbons (Fsp3) is 0.333. The summed E-state index contributed by atoms with van der Waals surface area (Å²) in [7, 11) is -3.62. The van der Waals surface area contributed by atoms with E-state index < -0.39 is 10.0 Å². The van der Waals surface area contributed by atoms with Crippen molar-refractivity contribution in [2.75, 3.05) is 0 Å². The van der Waals surface area contributed by atoms with Crippen molar-refractivity contribution in [2.45, 2.75) is 55.6 Å². The highest BCUT2D eigenvalue weighted by molar-refractivity contribution is 7.89. The Morgan fingerprint density at radius 2 is 1.61 bits per heavy atom. The summed E-state index contributed by atoms with van der Waals surface area (Å²) < 4.78 is 28.8. The lowest BCUT2D eigenvalue weighted by molar-refractivity contribution is 0.291. The molecule has 1 fully saturated rings. The third-order valence-electron chi connectivity index (χ3n) is 5.93. The Bertz CT molecular complexity index is 1130. The summed E-state index contributed by atoms with van der Waals surface area (Å²) in [6.07, 6.45) is 3.87. The maximum atomic E-state index is 12.9. The zero-order valence-corrected chi connectivity index (χ0v) is 19.8. The Hall–Kier alpha value is -1.63. The first kappa shape index (κ1) is 24.0. The highest BCUT2D eigenvalue weighted by atomic mass is 35.5. The molecule has 0 amide bonds. The van der Waals surface area contributed by atoms with Crippen LogP contribution in [0.1, 0.15) is 44.2 Å². The van der Waals surface area contributed by atoms with Gasteiger partial charge in [0.15, 0.2) is 0 Å². The largest absolute Gasteiger partial charge is 0.306 e. The average molecular weight is 479 g/mol. The van der Waals surface area contributed by atoms with Gasteiger partial charge in [0.1, 0.15) is 0 Å². The van der Waals surface area contributed by atoms with E-state index >= 15 is 0 Å². The van der Waals surface area contributed by atoms with E-state index in [0.29, 0.717) is 5.02 Å². The van der Waals surface area contributed by atoms with Crippen LogP contribution in [0.4, 0.5) is 0 Å². The minimum absolute atomic E-state index is 0. The Morgan fingerprint density at radius 3 is 2.39 bits per heavy atom. The van der Waals surface area contributed by atoms with E-state index in [0.717, 1.165) is 25.7 Å². The molecular formula is C24H28Cl2N2O2S. The van der Waals surface area contributed by atoms with E-state index in [9.17, 15) is 8.42 Å². The minimum Gasteiger partial charge on any atom is -0.306 e. The molecule has 1 aliphatic carbocycles. The second-order valence-corrected chi connectivity index (χ2v) is 10.2. The lowest BCUT2D eigenvalue weighted by Gasteiger charge is -2.35. The molecule has 1 aliphatic rings. The molecule has 3 atom stereocenters. The number of hydrogen-bond acceptors (Lipinski definition) is 3. The molecule has 4 rings (SSSR count). The van der Waals surface area contributed by atoms with Crippen LogP contribution in [-0.2, 0) is 10.0 Å². The molecule has 0 saturated heterocycles. The van der Waals surface area contributed by atoms with Gasteiger partial charge in [-0.1, -0.05) is 73.0 Å². The molecule has 31 heavy (non-hydrogen) atoms. The normalized spacial score (nSPS) is 20.2. The van der Waals surface area contributed by atoms with Crippen molar-refractivity contribution in [1.29, 1.82) is 0 Å². The van der Waals surface area contributed by atoms with Gasteiger partial charge in [-0.25, -0.2) is 13.1 Å². The zero-order chi connectivity index (χ0) is 21.1. The molecule has 2 unspecified atom stereocenters. The molecule has 2 N–H and O–H groups in total. The SMILES string of the molecule is CC(N[C@H]1CCCCC1NS(=O)(=O)c1cccc(Cl)c1)c1cccc2ccccc12.Cl. The molecule has 7 heteroatoms. The molecule has 0 heterocycles. The minimum atomic E-state index is -3.62. The quantitative estimate of drug-likeness (QED) is 0.466. The van der Waals surface area contributed by atoms with Gasteiger partial charge in [0.2, 0.25) is 10.0 Å². The maximum absolute atomic E-state index is 12.9. The summed E-state index contributed by atoms with van der Waals surface area (Å²) >= 11 is 6.00. The topological polar surface area (TPSA) is 58.2 Å². The van der Waals surface area contributed by atoms with Crippen molar-refractivity contribution >= 4 is 44.8 Å². The Balaban J connectivity index is 0.00000272. The van der Waals surface area contributed by atoms with Gasteiger partial charge in [0.05, 0.1) is 4.90 Å². The molecule has 0 bridgehead atoms. The summed E-state index contributed by atoms with van der Waals surface area (Å²) in [5.41, 5.74) is 1.23. The van der Waals surface area contributed by atoms with Crippen LogP contribution in [-0.4, -0.2) is 20.5 Å². The Kier molecular flexibility index (Phi) is 8.00. The van der Waals surface area contributed by atoms with E-state index in [-0.39, 0.29) is 35.4 Å². The molecular weight excluding hydrogens is 451 g/mol. The van der Waals surface area contributed by atoms with Crippen LogP contribution in [0.25, 0.3) is 10.8 Å². The zero-order valence-electron chi connectivity index (χ0n) is 17.4. The molecule has 0 spiro atoms. The lowest BCUT2D eigenvalue weighted by atomic mass is 9.89. The molecule has 0 aromatic heterocycles. The van der Waals surface area contributed by atoms with Crippen molar-refractivity contribution in [3.63, 3.8) is 0 Å². The van der Waals surface area contributed by atoms with Crippen LogP contribution in [0.3, 0.4) is 0 Å². The van der Waals surface area contributed by atoms with Gasteiger partial charge in [-0.05, 0) is 54.3 Å². The van der Waals surface area contributed by atoms with E-state index in [4.69, 9.17) is 11.6 Å². The molecule has 166 valence electrons. The Morgan fingerprint density at radius 1 is 0.935 bits per heavy atom. The van der Waals surface area contributed by atoms with Gasteiger partial charge < -0.3 is 5.32 Å². The Labute approximate surface area is 195 Å². The third-order valence-corrected chi connectivity index (χ3v) is 7.66. The van der Waals surface area contributed by atoms with Crippen LogP contribution < -0.4 is 10.0 Å². The molecule has 0 radical (unpaired) electrons. The first-order chi connectivity index (χ1) is 14.4. The van der Waals surface area contributed by atoms with Crippen molar-refractivity contribution in [1.82, 2.24) is 10.0 Å². The van der Waals surface area contributed by atoms with E-state index in [1.54, 1.807) is 18.2 Å². The van der Waals surface area contributed by atoms with E-state index in [1.165, 1.54) is 22.4 Å². The van der Waals surface area contributed by atoms with Gasteiger partial charge in [-0.15, -0.1) is 12.4 Å². The summed E-state index contributed by atoms with van der Waals surface area (Å²) in [4.78, 5) is 0.210. The third kappa shape index (κ3) is 5.60. The summed E-state index contributed by atoms with van der Waals surface area (Å²) in [6.45, 7) is 2.15. The van der Waals surface area contributed by atoms with Gasteiger partial charge in [-0.3, -0.25) is 0 Å². The number of sulfonamides is 1. The molecule has 1 saturated carbocycles. The first-order valence-electron chi connectivity index (χ1n) is 10.5. The highest BCUT2D eigenvalue weighted by Crippen LogP contribution is 2.28. The predicted octanol–water partition coefficient (Wildman–Crippen LogP) is 5.86. The number of fused-ring (bicyclic) bond motifs is 1. The monoisotopic (exact) mass is 478 g/mol. The summed E-state index contributed by atoms with van der Waals surface area (Å²) in [6, 6.07) is 21.2. The van der Waals surface area contributed by atoms with Gasteiger partial charge in [-0.2, -0.15) is 0 Å². The number of rotatable bonds is 6. The first-order valence-corrected chi connectivity index (χ1v) is 12.3. The fourth-order valence-corrected chi connectivity index (χ4v) is 6.02. The van der Waals surface area contributed by atoms with Crippen molar-refractivity contribution < 1.29 is 8.42 Å². The van der Waals surface area contributed by atoms with E-state index in [2.05, 4.69) is 53.4 Å². The van der Waals surface area contributed by atoms with Crippen LogP contribution in [0.5, 0.6) is 0 Å². The molecule has 3 aromatic rings. The van der Waals surface area contributed by atoms with Crippen molar-refractivity contribution in [3.05, 3.63) is 77.3 Å². The van der Waals surface area contributed by atoms with Crippen LogP contribution in [0.2, 0.25) is 5.02 Å². The average Bonchev–Trinajstić information content (AvgIpc) is 2.74. The second-order valence-electron chi connectivity index (χ2n) is 8.03. The summed E-state index contributed by atoms with van der Waals surface area (Å²) in [5.74, 6) is 0. The number of halogens is 2. The molecule has 0 aliphatic heterocycles. The van der Waals surface area contributed by atoms with Gasteiger partial charge >= 0.3 is 0 Å².